The highest BCUT2D eigenvalue weighted by Gasteiger charge is 2.18. The van der Waals surface area contributed by atoms with E-state index in [2.05, 4.69) is 94.7 Å². The van der Waals surface area contributed by atoms with Crippen molar-refractivity contribution in [2.75, 3.05) is 18.0 Å². The predicted molar refractivity (Wildman–Crippen MR) is 212 cm³/mol. The molecule has 0 aliphatic rings. The molecule has 0 spiro atoms. The minimum Gasteiger partial charge on any atom is -0.537 e. The number of hydrogen-bond acceptors (Lipinski definition) is 6. The van der Waals surface area contributed by atoms with Gasteiger partial charge < -0.3 is 24.6 Å². The van der Waals surface area contributed by atoms with E-state index in [-0.39, 0.29) is 0 Å². The maximum atomic E-state index is 9.98. The second-order valence-electron chi connectivity index (χ2n) is 13.4. The molecule has 0 amide bonds. The topological polar surface area (TPSA) is 76.4 Å². The SMILES string of the molecule is O[B]Oc1ccccc1CN(CCCCCCN(Cc1ccccc1)Cc1ccccc1B(O)O)c1cc2ccc3cccc4ccc(c1)c2c34. The zero-order valence-electron chi connectivity index (χ0n) is 28.9. The standard InChI is InChI=1S/C43H43B2N2O4/c48-44-51-41-20-9-7-16-38(41)31-47(39-27-35-23-21-33-17-12-18-34-22-24-36(28-39)43(35)42(33)34)26-11-2-1-10-25-46(29-32-13-4-3-5-14-32)30-37-15-6-8-19-40(37)45(49)50/h3-9,12-24,27-28,48-50H,1-2,10-11,25-26,29-31H2. The molecule has 0 aromatic heterocycles. The van der Waals surface area contributed by atoms with E-state index >= 15 is 0 Å². The number of unbranched alkanes of at least 4 members (excludes halogenated alkanes) is 3. The molecule has 0 saturated carbocycles. The quantitative estimate of drug-likeness (QED) is 0.0531. The van der Waals surface area contributed by atoms with Gasteiger partial charge in [0, 0.05) is 37.4 Å². The third-order valence-corrected chi connectivity index (χ3v) is 9.96. The predicted octanol–water partition coefficient (Wildman–Crippen LogP) is 7.44. The summed E-state index contributed by atoms with van der Waals surface area (Å²) < 4.78 is 5.49. The molecule has 1 radical (unpaired) electrons. The maximum Gasteiger partial charge on any atom is 0.569 e. The van der Waals surface area contributed by atoms with Crippen LogP contribution in [0.2, 0.25) is 0 Å². The lowest BCUT2D eigenvalue weighted by molar-refractivity contribution is 0.250. The number of rotatable bonds is 17. The Kier molecular flexibility index (Phi) is 11.2. The zero-order chi connectivity index (χ0) is 35.0. The van der Waals surface area contributed by atoms with E-state index in [4.69, 9.17) is 4.65 Å². The van der Waals surface area contributed by atoms with E-state index < -0.39 is 7.12 Å². The van der Waals surface area contributed by atoms with Gasteiger partial charge in [-0.1, -0.05) is 128 Å². The normalized spacial score (nSPS) is 11.5. The van der Waals surface area contributed by atoms with E-state index in [9.17, 15) is 15.1 Å². The van der Waals surface area contributed by atoms with Crippen LogP contribution in [0.5, 0.6) is 5.75 Å². The van der Waals surface area contributed by atoms with E-state index in [1.54, 1.807) is 6.07 Å². The number of benzene rings is 7. The van der Waals surface area contributed by atoms with Gasteiger partial charge in [-0.25, -0.2) is 0 Å². The molecule has 0 heterocycles. The molecule has 255 valence electrons. The third-order valence-electron chi connectivity index (χ3n) is 9.96. The van der Waals surface area contributed by atoms with Gasteiger partial charge in [-0.2, -0.15) is 0 Å². The first-order chi connectivity index (χ1) is 25.1. The van der Waals surface area contributed by atoms with Crippen LogP contribution >= 0.6 is 0 Å². The largest absolute Gasteiger partial charge is 0.569 e. The highest BCUT2D eigenvalue weighted by Crippen LogP contribution is 2.37. The number of hydrogen-bond donors (Lipinski definition) is 3. The van der Waals surface area contributed by atoms with Crippen molar-refractivity contribution in [1.82, 2.24) is 4.90 Å². The minimum absolute atomic E-state index is 0.562. The summed E-state index contributed by atoms with van der Waals surface area (Å²) >= 11 is 0. The van der Waals surface area contributed by atoms with Crippen molar-refractivity contribution in [3.05, 3.63) is 150 Å². The average molecular weight is 673 g/mol. The van der Waals surface area contributed by atoms with E-state index in [0.29, 0.717) is 24.3 Å². The first-order valence-corrected chi connectivity index (χ1v) is 17.9. The van der Waals surface area contributed by atoms with Crippen molar-refractivity contribution < 1.29 is 19.7 Å². The van der Waals surface area contributed by atoms with Crippen LogP contribution in [0, 0.1) is 0 Å². The van der Waals surface area contributed by atoms with Crippen LogP contribution in [0.4, 0.5) is 5.69 Å². The molecule has 7 aromatic rings. The maximum absolute atomic E-state index is 9.98. The highest BCUT2D eigenvalue weighted by atomic mass is 16.5. The lowest BCUT2D eigenvalue weighted by Crippen LogP contribution is -2.36. The van der Waals surface area contributed by atoms with Crippen LogP contribution < -0.4 is 15.0 Å². The molecule has 7 rings (SSSR count). The van der Waals surface area contributed by atoms with Crippen LogP contribution in [-0.4, -0.2) is 47.9 Å². The Morgan fingerprint density at radius 1 is 0.549 bits per heavy atom. The Balaban J connectivity index is 1.06. The fraction of sp³-hybridized carbons (Fsp3) is 0.209. The summed E-state index contributed by atoms with van der Waals surface area (Å²) in [6.45, 7) is 3.89. The van der Waals surface area contributed by atoms with Gasteiger partial charge in [0.05, 0.1) is 0 Å². The number of anilines is 1. The monoisotopic (exact) mass is 673 g/mol. The lowest BCUT2D eigenvalue weighted by atomic mass is 9.77. The van der Waals surface area contributed by atoms with Crippen molar-refractivity contribution in [3.63, 3.8) is 0 Å². The molecule has 0 aliphatic heterocycles. The zero-order valence-corrected chi connectivity index (χ0v) is 28.9. The Morgan fingerprint density at radius 2 is 1.16 bits per heavy atom. The summed E-state index contributed by atoms with van der Waals surface area (Å²) in [5.41, 5.74) is 4.92. The average Bonchev–Trinajstić information content (AvgIpc) is 3.16. The first-order valence-electron chi connectivity index (χ1n) is 17.9. The summed E-state index contributed by atoms with van der Waals surface area (Å²) in [6.07, 6.45) is 4.24. The Hall–Kier alpha value is -4.85. The molecule has 3 N–H and O–H groups in total. The van der Waals surface area contributed by atoms with Gasteiger partial charge in [0.2, 0.25) is 0 Å². The summed E-state index contributed by atoms with van der Waals surface area (Å²) in [7, 11) is -0.736. The molecule has 8 heteroatoms. The second kappa shape index (κ2) is 16.4. The molecule has 0 fully saturated rings. The van der Waals surface area contributed by atoms with Crippen molar-refractivity contribution in [1.29, 1.82) is 0 Å². The Bertz CT molecular complexity index is 2110. The summed E-state index contributed by atoms with van der Waals surface area (Å²) in [4.78, 5) is 4.84. The summed E-state index contributed by atoms with van der Waals surface area (Å²) in [5, 5.41) is 37.0. The van der Waals surface area contributed by atoms with Gasteiger partial charge in [-0.05, 0) is 86.5 Å². The molecule has 0 saturated heterocycles. The van der Waals surface area contributed by atoms with Crippen LogP contribution in [-0.2, 0) is 19.6 Å². The fourth-order valence-corrected chi connectivity index (χ4v) is 7.45. The van der Waals surface area contributed by atoms with Gasteiger partial charge in [-0.15, -0.1) is 0 Å². The molecule has 0 unspecified atom stereocenters. The molecule has 51 heavy (non-hydrogen) atoms. The fourth-order valence-electron chi connectivity index (χ4n) is 7.45. The molecule has 0 bridgehead atoms. The Morgan fingerprint density at radius 3 is 1.86 bits per heavy atom. The molecule has 0 atom stereocenters. The molecule has 0 aliphatic carbocycles. The Labute approximate surface area is 301 Å². The van der Waals surface area contributed by atoms with Crippen LogP contribution in [0.3, 0.4) is 0 Å². The van der Waals surface area contributed by atoms with Gasteiger partial charge in [0.15, 0.2) is 0 Å². The van der Waals surface area contributed by atoms with Crippen molar-refractivity contribution in [2.45, 2.75) is 45.3 Å². The lowest BCUT2D eigenvalue weighted by Gasteiger charge is -2.27. The van der Waals surface area contributed by atoms with Crippen molar-refractivity contribution in [2.24, 2.45) is 0 Å². The van der Waals surface area contributed by atoms with Crippen LogP contribution in [0.1, 0.15) is 42.4 Å². The van der Waals surface area contributed by atoms with Gasteiger partial charge in [0.1, 0.15) is 5.75 Å². The smallest absolute Gasteiger partial charge is 0.537 e. The van der Waals surface area contributed by atoms with E-state index in [1.165, 1.54) is 43.6 Å². The van der Waals surface area contributed by atoms with E-state index in [1.807, 2.05) is 42.5 Å². The van der Waals surface area contributed by atoms with Gasteiger partial charge in [0.25, 0.3) is 0 Å². The van der Waals surface area contributed by atoms with Crippen molar-refractivity contribution >= 4 is 58.3 Å². The second-order valence-corrected chi connectivity index (χ2v) is 13.4. The molecule has 6 nitrogen and oxygen atoms in total. The molecule has 7 aromatic carbocycles. The minimum atomic E-state index is -1.49. The van der Waals surface area contributed by atoms with E-state index in [0.717, 1.165) is 64.1 Å². The van der Waals surface area contributed by atoms with Crippen LogP contribution in [0.25, 0.3) is 32.3 Å². The molecular formula is C43H43B2N2O4. The summed E-state index contributed by atoms with van der Waals surface area (Å²) in [5.74, 6) is 0.649. The molecular weight excluding hydrogens is 630 g/mol. The van der Waals surface area contributed by atoms with Crippen LogP contribution in [0.15, 0.2) is 133 Å². The first kappa shape index (κ1) is 34.6. The number of nitrogens with zero attached hydrogens (tertiary/aromatic N) is 2. The number of para-hydroxylation sites is 1. The van der Waals surface area contributed by atoms with Crippen molar-refractivity contribution in [3.8, 4) is 5.75 Å². The van der Waals surface area contributed by atoms with Gasteiger partial charge in [-0.3, -0.25) is 4.90 Å². The summed E-state index contributed by atoms with van der Waals surface area (Å²) in [6, 6.07) is 46.0. The highest BCUT2D eigenvalue weighted by molar-refractivity contribution is 6.59. The van der Waals surface area contributed by atoms with Gasteiger partial charge >= 0.3 is 14.8 Å². The third kappa shape index (κ3) is 8.22.